The third kappa shape index (κ3) is 4.52. The Bertz CT molecular complexity index is 217. The first-order valence-corrected chi connectivity index (χ1v) is 7.95. The van der Waals surface area contributed by atoms with Crippen LogP contribution < -0.4 is 5.32 Å². The Morgan fingerprint density at radius 3 is 2.83 bits per heavy atom. The van der Waals surface area contributed by atoms with E-state index in [0.717, 1.165) is 19.1 Å². The van der Waals surface area contributed by atoms with E-state index in [9.17, 15) is 0 Å². The minimum Gasteiger partial charge on any atom is -0.378 e. The van der Waals surface area contributed by atoms with Crippen LogP contribution in [0.5, 0.6) is 0 Å². The zero-order chi connectivity index (χ0) is 12.6. The molecule has 0 radical (unpaired) electrons. The van der Waals surface area contributed by atoms with Crippen LogP contribution >= 0.6 is 0 Å². The maximum Gasteiger partial charge on any atom is 0.0613 e. The topological polar surface area (TPSA) is 24.5 Å². The molecule has 2 saturated heterocycles. The monoisotopic (exact) mass is 254 g/mol. The highest BCUT2D eigenvalue weighted by atomic mass is 16.5. The van der Waals surface area contributed by atoms with Crippen LogP contribution in [0.2, 0.25) is 0 Å². The summed E-state index contributed by atoms with van der Waals surface area (Å²) < 4.78 is 5.72. The van der Waals surface area contributed by atoms with Crippen molar-refractivity contribution in [3.8, 4) is 0 Å². The van der Waals surface area contributed by atoms with Crippen LogP contribution in [0.4, 0.5) is 0 Å². The van der Waals surface area contributed by atoms with Crippen LogP contribution in [0.1, 0.15) is 45.4 Å². The molecular formula is C15H30N2O. The molecule has 106 valence electrons. The van der Waals surface area contributed by atoms with Crippen molar-refractivity contribution in [2.75, 3.05) is 39.3 Å². The van der Waals surface area contributed by atoms with Crippen molar-refractivity contribution < 1.29 is 4.74 Å². The lowest BCUT2D eigenvalue weighted by Crippen LogP contribution is -2.33. The van der Waals surface area contributed by atoms with Gasteiger partial charge in [0.1, 0.15) is 0 Å². The fraction of sp³-hybridized carbons (Fsp3) is 1.00. The first kappa shape index (κ1) is 14.3. The van der Waals surface area contributed by atoms with Gasteiger partial charge >= 0.3 is 0 Å². The normalized spacial score (nSPS) is 29.8. The molecule has 2 fully saturated rings. The Labute approximate surface area is 112 Å². The van der Waals surface area contributed by atoms with Crippen LogP contribution in [-0.2, 0) is 4.74 Å². The van der Waals surface area contributed by atoms with E-state index in [2.05, 4.69) is 17.1 Å². The van der Waals surface area contributed by atoms with E-state index >= 15 is 0 Å². The van der Waals surface area contributed by atoms with Gasteiger partial charge in [-0.05, 0) is 64.2 Å². The average Bonchev–Trinajstić information content (AvgIpc) is 2.87. The molecule has 3 heteroatoms. The molecule has 2 atom stereocenters. The van der Waals surface area contributed by atoms with E-state index in [1.54, 1.807) is 0 Å². The molecule has 0 aromatic heterocycles. The molecule has 3 nitrogen and oxygen atoms in total. The van der Waals surface area contributed by atoms with Gasteiger partial charge in [-0.1, -0.05) is 13.3 Å². The summed E-state index contributed by atoms with van der Waals surface area (Å²) in [5, 5.41) is 3.62. The van der Waals surface area contributed by atoms with Gasteiger partial charge in [0, 0.05) is 13.2 Å². The smallest absolute Gasteiger partial charge is 0.0613 e. The molecule has 2 aliphatic heterocycles. The Kier molecular flexibility index (Phi) is 6.46. The van der Waals surface area contributed by atoms with Gasteiger partial charge < -0.3 is 15.0 Å². The standard InChI is InChI=1S/C15H30N2O/c1-2-15-14(7-12-18-15)13-16-8-6-11-17-9-4-3-5-10-17/h14-16H,2-13H2,1H3. The van der Waals surface area contributed by atoms with E-state index < -0.39 is 0 Å². The lowest BCUT2D eigenvalue weighted by molar-refractivity contribution is 0.0872. The van der Waals surface area contributed by atoms with Gasteiger partial charge in [0.05, 0.1) is 6.10 Å². The summed E-state index contributed by atoms with van der Waals surface area (Å²) in [6, 6.07) is 0. The second-order valence-corrected chi connectivity index (χ2v) is 5.83. The van der Waals surface area contributed by atoms with Crippen LogP contribution in [-0.4, -0.2) is 50.3 Å². The lowest BCUT2D eigenvalue weighted by atomic mass is 10.00. The highest BCUT2D eigenvalue weighted by Gasteiger charge is 2.25. The maximum atomic E-state index is 5.72. The predicted molar refractivity (Wildman–Crippen MR) is 75.9 cm³/mol. The summed E-state index contributed by atoms with van der Waals surface area (Å²) in [6.07, 6.45) is 8.48. The van der Waals surface area contributed by atoms with Gasteiger partial charge in [0.15, 0.2) is 0 Å². The second kappa shape index (κ2) is 8.13. The third-order valence-electron chi connectivity index (χ3n) is 4.43. The molecule has 18 heavy (non-hydrogen) atoms. The molecule has 0 bridgehead atoms. The third-order valence-corrected chi connectivity index (χ3v) is 4.43. The minimum absolute atomic E-state index is 0.514. The van der Waals surface area contributed by atoms with Crippen LogP contribution in [0.3, 0.4) is 0 Å². The number of ether oxygens (including phenoxy) is 1. The van der Waals surface area contributed by atoms with Crippen molar-refractivity contribution in [3.63, 3.8) is 0 Å². The number of nitrogens with zero attached hydrogens (tertiary/aromatic N) is 1. The van der Waals surface area contributed by atoms with Crippen molar-refractivity contribution in [2.45, 2.75) is 51.6 Å². The van der Waals surface area contributed by atoms with Crippen molar-refractivity contribution >= 4 is 0 Å². The summed E-state index contributed by atoms with van der Waals surface area (Å²) in [5.41, 5.74) is 0. The van der Waals surface area contributed by atoms with Gasteiger partial charge in [-0.15, -0.1) is 0 Å². The number of piperidine rings is 1. The summed E-state index contributed by atoms with van der Waals surface area (Å²) >= 11 is 0. The van der Waals surface area contributed by atoms with E-state index in [1.165, 1.54) is 64.7 Å². The Morgan fingerprint density at radius 2 is 2.06 bits per heavy atom. The number of likely N-dealkylation sites (tertiary alicyclic amines) is 1. The van der Waals surface area contributed by atoms with E-state index in [0.29, 0.717) is 6.10 Å². The Morgan fingerprint density at radius 1 is 1.22 bits per heavy atom. The first-order valence-electron chi connectivity index (χ1n) is 7.95. The van der Waals surface area contributed by atoms with Crippen molar-refractivity contribution in [1.82, 2.24) is 10.2 Å². The fourth-order valence-electron chi connectivity index (χ4n) is 3.28. The fourth-order valence-corrected chi connectivity index (χ4v) is 3.28. The maximum absolute atomic E-state index is 5.72. The molecule has 0 aromatic carbocycles. The highest BCUT2D eigenvalue weighted by Crippen LogP contribution is 2.22. The van der Waals surface area contributed by atoms with Gasteiger partial charge in [-0.3, -0.25) is 0 Å². The molecule has 0 amide bonds. The van der Waals surface area contributed by atoms with E-state index in [1.807, 2.05) is 0 Å². The number of hydrogen-bond donors (Lipinski definition) is 1. The van der Waals surface area contributed by atoms with E-state index in [-0.39, 0.29) is 0 Å². The number of rotatable bonds is 7. The summed E-state index contributed by atoms with van der Waals surface area (Å²) in [4.78, 5) is 2.62. The predicted octanol–water partition coefficient (Wildman–Crippen LogP) is 2.27. The molecule has 0 aromatic rings. The van der Waals surface area contributed by atoms with E-state index in [4.69, 9.17) is 4.74 Å². The minimum atomic E-state index is 0.514. The van der Waals surface area contributed by atoms with Crippen molar-refractivity contribution in [2.24, 2.45) is 5.92 Å². The SMILES string of the molecule is CCC1OCCC1CNCCCN1CCCCC1. The molecule has 2 unspecified atom stereocenters. The van der Waals surface area contributed by atoms with Crippen LogP contribution in [0.15, 0.2) is 0 Å². The van der Waals surface area contributed by atoms with Gasteiger partial charge in [0.25, 0.3) is 0 Å². The molecule has 2 aliphatic rings. The van der Waals surface area contributed by atoms with Gasteiger partial charge in [-0.2, -0.15) is 0 Å². The number of nitrogens with one attached hydrogen (secondary N) is 1. The molecule has 1 N–H and O–H groups in total. The van der Waals surface area contributed by atoms with Gasteiger partial charge in [-0.25, -0.2) is 0 Å². The summed E-state index contributed by atoms with van der Waals surface area (Å²) in [5.74, 6) is 0.755. The molecule has 0 aliphatic carbocycles. The van der Waals surface area contributed by atoms with Crippen molar-refractivity contribution in [3.05, 3.63) is 0 Å². The zero-order valence-corrected chi connectivity index (χ0v) is 12.0. The summed E-state index contributed by atoms with van der Waals surface area (Å²) in [6.45, 7) is 9.47. The molecule has 2 heterocycles. The van der Waals surface area contributed by atoms with Gasteiger partial charge in [0.2, 0.25) is 0 Å². The lowest BCUT2D eigenvalue weighted by Gasteiger charge is -2.26. The molecular weight excluding hydrogens is 224 g/mol. The Balaban J connectivity index is 1.48. The zero-order valence-electron chi connectivity index (χ0n) is 12.0. The molecule has 0 spiro atoms. The van der Waals surface area contributed by atoms with Crippen LogP contribution in [0.25, 0.3) is 0 Å². The quantitative estimate of drug-likeness (QED) is 0.705. The second-order valence-electron chi connectivity index (χ2n) is 5.83. The van der Waals surface area contributed by atoms with Crippen molar-refractivity contribution in [1.29, 1.82) is 0 Å². The average molecular weight is 254 g/mol. The number of hydrogen-bond acceptors (Lipinski definition) is 3. The largest absolute Gasteiger partial charge is 0.378 e. The van der Waals surface area contributed by atoms with Crippen LogP contribution in [0, 0.1) is 5.92 Å². The summed E-state index contributed by atoms with van der Waals surface area (Å²) in [7, 11) is 0. The highest BCUT2D eigenvalue weighted by molar-refractivity contribution is 4.77. The molecule has 0 saturated carbocycles. The Hall–Kier alpha value is -0.120. The first-order chi connectivity index (χ1) is 8.90. The molecule has 2 rings (SSSR count).